The molecule has 0 aromatic carbocycles. The highest BCUT2D eigenvalue weighted by Crippen LogP contribution is 2.19. The van der Waals surface area contributed by atoms with Crippen molar-refractivity contribution in [3.05, 3.63) is 22.9 Å². The number of fused-ring (bicyclic) bond motifs is 1. The number of rotatable bonds is 2. The van der Waals surface area contributed by atoms with Crippen molar-refractivity contribution in [3.8, 4) is 0 Å². The van der Waals surface area contributed by atoms with Crippen molar-refractivity contribution in [2.24, 2.45) is 7.05 Å². The van der Waals surface area contributed by atoms with Gasteiger partial charge < -0.3 is 10.4 Å². The molecule has 110 valence electrons. The quantitative estimate of drug-likeness (QED) is 0.793. The predicted octanol–water partition coefficient (Wildman–Crippen LogP) is -0.334. The lowest BCUT2D eigenvalue weighted by molar-refractivity contribution is -0.00627. The van der Waals surface area contributed by atoms with Crippen molar-refractivity contribution in [1.82, 2.24) is 24.6 Å². The van der Waals surface area contributed by atoms with E-state index in [0.717, 1.165) is 13.1 Å². The molecule has 0 unspecified atom stereocenters. The summed E-state index contributed by atoms with van der Waals surface area (Å²) in [5.74, 6) is 0. The van der Waals surface area contributed by atoms with Crippen molar-refractivity contribution in [3.63, 3.8) is 0 Å². The Hall–Kier alpha value is -1.44. The molecule has 1 aliphatic heterocycles. The van der Waals surface area contributed by atoms with Gasteiger partial charge in [0.2, 0.25) is 0 Å². The number of nitrogens with zero attached hydrogens (tertiary/aromatic N) is 4. The van der Waals surface area contributed by atoms with Gasteiger partial charge in [-0.1, -0.05) is 0 Å². The maximum Gasteiger partial charge on any atom is 0.264 e. The van der Waals surface area contributed by atoms with Gasteiger partial charge in [-0.3, -0.25) is 14.0 Å². The van der Waals surface area contributed by atoms with Crippen molar-refractivity contribution in [1.29, 1.82) is 0 Å². The van der Waals surface area contributed by atoms with Crippen LogP contribution in [0.5, 0.6) is 0 Å². The van der Waals surface area contributed by atoms with E-state index >= 15 is 0 Å². The highest BCUT2D eigenvalue weighted by Gasteiger charge is 2.30. The van der Waals surface area contributed by atoms with E-state index in [1.807, 2.05) is 0 Å². The molecule has 0 amide bonds. The van der Waals surface area contributed by atoms with Crippen molar-refractivity contribution in [2.75, 3.05) is 13.1 Å². The Balaban J connectivity index is 0.00000147. The van der Waals surface area contributed by atoms with Crippen LogP contribution in [0.4, 0.5) is 0 Å². The second-order valence-corrected chi connectivity index (χ2v) is 5.16. The molecule has 3 rings (SSSR count). The summed E-state index contributed by atoms with van der Waals surface area (Å²) in [6.07, 6.45) is 4.30. The molecular formula is C12H18ClN5O2. The molecule has 2 aromatic heterocycles. The normalized spacial score (nSPS) is 17.9. The molecule has 2 aromatic rings. The summed E-state index contributed by atoms with van der Waals surface area (Å²) >= 11 is 0. The van der Waals surface area contributed by atoms with Crippen molar-refractivity contribution >= 4 is 23.4 Å². The minimum Gasteiger partial charge on any atom is -0.388 e. The Labute approximate surface area is 122 Å². The topological polar surface area (TPSA) is 85.0 Å². The zero-order chi connectivity index (χ0) is 13.5. The Morgan fingerprint density at radius 3 is 2.85 bits per heavy atom. The average Bonchev–Trinajstić information content (AvgIpc) is 2.76. The van der Waals surface area contributed by atoms with Crippen molar-refractivity contribution in [2.45, 2.75) is 25.0 Å². The van der Waals surface area contributed by atoms with Gasteiger partial charge in [0.1, 0.15) is 11.7 Å². The first-order valence-corrected chi connectivity index (χ1v) is 6.39. The molecule has 0 atom stereocenters. The highest BCUT2D eigenvalue weighted by atomic mass is 35.5. The fraction of sp³-hybridized carbons (Fsp3) is 0.583. The number of aryl methyl sites for hydroxylation is 1. The molecule has 0 bridgehead atoms. The van der Waals surface area contributed by atoms with E-state index in [1.54, 1.807) is 11.7 Å². The van der Waals surface area contributed by atoms with Crippen molar-refractivity contribution < 1.29 is 5.11 Å². The standard InChI is InChI=1S/C12H17N5O2.ClH/c1-16-10-9(6-15-16)11(18)17(8-14-10)7-12(19)2-4-13-5-3-12;/h6,8,13,19H,2-5,7H2,1H3;1H. The molecular weight excluding hydrogens is 282 g/mol. The zero-order valence-electron chi connectivity index (χ0n) is 11.2. The maximum atomic E-state index is 12.3. The molecule has 1 fully saturated rings. The largest absolute Gasteiger partial charge is 0.388 e. The lowest BCUT2D eigenvalue weighted by Crippen LogP contribution is -2.46. The molecule has 0 radical (unpaired) electrons. The summed E-state index contributed by atoms with van der Waals surface area (Å²) in [7, 11) is 1.75. The van der Waals surface area contributed by atoms with Crippen LogP contribution >= 0.6 is 12.4 Å². The van der Waals surface area contributed by atoms with E-state index in [-0.39, 0.29) is 24.5 Å². The minimum absolute atomic E-state index is 0. The third kappa shape index (κ3) is 2.56. The summed E-state index contributed by atoms with van der Waals surface area (Å²) in [6, 6.07) is 0. The first-order valence-electron chi connectivity index (χ1n) is 6.39. The first kappa shape index (κ1) is 15.0. The van der Waals surface area contributed by atoms with E-state index in [0.29, 0.717) is 23.9 Å². The molecule has 0 aliphatic carbocycles. The molecule has 3 heterocycles. The van der Waals surface area contributed by atoms with Crippen LogP contribution in [0.2, 0.25) is 0 Å². The minimum atomic E-state index is -0.827. The Morgan fingerprint density at radius 2 is 2.15 bits per heavy atom. The third-order valence-corrected chi connectivity index (χ3v) is 3.72. The molecule has 2 N–H and O–H groups in total. The number of hydrogen-bond acceptors (Lipinski definition) is 5. The van der Waals surface area contributed by atoms with E-state index in [9.17, 15) is 9.90 Å². The van der Waals surface area contributed by atoms with Crippen LogP contribution in [-0.2, 0) is 13.6 Å². The van der Waals surface area contributed by atoms with E-state index in [2.05, 4.69) is 15.4 Å². The van der Waals surface area contributed by atoms with Crippen LogP contribution in [0, 0.1) is 0 Å². The predicted molar refractivity (Wildman–Crippen MR) is 77.1 cm³/mol. The van der Waals surface area contributed by atoms with Gasteiger partial charge in [-0.2, -0.15) is 5.10 Å². The number of nitrogens with one attached hydrogen (secondary N) is 1. The number of hydrogen-bond donors (Lipinski definition) is 2. The van der Waals surface area contributed by atoms with Gasteiger partial charge in [0.15, 0.2) is 5.65 Å². The van der Waals surface area contributed by atoms with Gasteiger partial charge in [0, 0.05) is 7.05 Å². The molecule has 20 heavy (non-hydrogen) atoms. The molecule has 8 heteroatoms. The Morgan fingerprint density at radius 1 is 1.45 bits per heavy atom. The monoisotopic (exact) mass is 299 g/mol. The molecule has 1 saturated heterocycles. The second-order valence-electron chi connectivity index (χ2n) is 5.16. The molecule has 7 nitrogen and oxygen atoms in total. The lowest BCUT2D eigenvalue weighted by atomic mass is 9.92. The Kier molecular flexibility index (Phi) is 4.12. The van der Waals surface area contributed by atoms with Crippen LogP contribution in [0.25, 0.3) is 11.0 Å². The first-order chi connectivity index (χ1) is 9.09. The SMILES string of the molecule is Cl.Cn1ncc2c(=O)n(CC3(O)CCNCC3)cnc21. The summed E-state index contributed by atoms with van der Waals surface area (Å²) in [5, 5.41) is 18.2. The van der Waals surface area contributed by atoms with E-state index in [4.69, 9.17) is 0 Å². The Bertz CT molecular complexity index is 659. The van der Waals surface area contributed by atoms with Gasteiger partial charge in [0.25, 0.3) is 5.56 Å². The summed E-state index contributed by atoms with van der Waals surface area (Å²) < 4.78 is 3.05. The number of piperidine rings is 1. The van der Waals surface area contributed by atoms with E-state index in [1.165, 1.54) is 17.1 Å². The van der Waals surface area contributed by atoms with E-state index < -0.39 is 5.60 Å². The van der Waals surface area contributed by atoms with Gasteiger partial charge in [-0.15, -0.1) is 12.4 Å². The molecule has 0 saturated carbocycles. The molecule has 0 spiro atoms. The summed E-state index contributed by atoms with van der Waals surface area (Å²) in [4.78, 5) is 16.5. The fourth-order valence-corrected chi connectivity index (χ4v) is 2.55. The van der Waals surface area contributed by atoms with Gasteiger partial charge in [-0.05, 0) is 25.9 Å². The number of aromatic nitrogens is 4. The van der Waals surface area contributed by atoms with Crippen LogP contribution in [-0.4, -0.2) is 43.1 Å². The summed E-state index contributed by atoms with van der Waals surface area (Å²) in [5.41, 5.74) is -0.407. The van der Waals surface area contributed by atoms with Gasteiger partial charge in [0.05, 0.1) is 18.3 Å². The fourth-order valence-electron chi connectivity index (χ4n) is 2.55. The average molecular weight is 300 g/mol. The van der Waals surface area contributed by atoms with Crippen LogP contribution in [0.15, 0.2) is 17.3 Å². The third-order valence-electron chi connectivity index (χ3n) is 3.72. The zero-order valence-corrected chi connectivity index (χ0v) is 12.1. The summed E-state index contributed by atoms with van der Waals surface area (Å²) in [6.45, 7) is 1.83. The number of aliphatic hydroxyl groups is 1. The van der Waals surface area contributed by atoms with Crippen LogP contribution < -0.4 is 10.9 Å². The van der Waals surface area contributed by atoms with Crippen LogP contribution in [0.3, 0.4) is 0 Å². The maximum absolute atomic E-state index is 12.3. The lowest BCUT2D eigenvalue weighted by Gasteiger charge is -2.32. The molecule has 1 aliphatic rings. The second kappa shape index (κ2) is 5.51. The van der Waals surface area contributed by atoms with Crippen LogP contribution in [0.1, 0.15) is 12.8 Å². The highest BCUT2D eigenvalue weighted by molar-refractivity contribution is 5.85. The number of halogens is 1. The van der Waals surface area contributed by atoms with Gasteiger partial charge in [-0.25, -0.2) is 4.98 Å². The smallest absolute Gasteiger partial charge is 0.264 e. The van der Waals surface area contributed by atoms with Gasteiger partial charge >= 0.3 is 0 Å².